The predicted octanol–water partition coefficient (Wildman–Crippen LogP) is 7.75. The normalized spacial score (nSPS) is 11.7. The Balaban J connectivity index is 1.35. The zero-order valence-electron chi connectivity index (χ0n) is 23.0. The fourth-order valence-corrected chi connectivity index (χ4v) is 4.39. The third kappa shape index (κ3) is 6.63. The molecular formula is C34H38N2O2. The summed E-state index contributed by atoms with van der Waals surface area (Å²) in [5.41, 5.74) is 12.3. The molecule has 38 heavy (non-hydrogen) atoms. The van der Waals surface area contributed by atoms with E-state index < -0.39 is 0 Å². The molecule has 4 aromatic rings. The SMILES string of the molecule is CC(C)(C)c1ccc(C(C)(C)c2ccc(OCc3cccc(COc4ccc(C(=N)N)cc4)c3)cc2)cc1. The Bertz CT molecular complexity index is 1360. The molecule has 0 saturated heterocycles. The monoisotopic (exact) mass is 506 g/mol. The van der Waals surface area contributed by atoms with Crippen molar-refractivity contribution in [3.05, 3.63) is 130 Å². The van der Waals surface area contributed by atoms with E-state index in [1.54, 1.807) is 12.1 Å². The number of ether oxygens (including phenoxy) is 2. The highest BCUT2D eigenvalue weighted by molar-refractivity contribution is 5.94. The molecule has 0 aliphatic carbocycles. The molecule has 0 atom stereocenters. The van der Waals surface area contributed by atoms with Gasteiger partial charge in [-0.15, -0.1) is 0 Å². The average Bonchev–Trinajstić information content (AvgIpc) is 2.91. The summed E-state index contributed by atoms with van der Waals surface area (Å²) in [5, 5.41) is 7.49. The highest BCUT2D eigenvalue weighted by Crippen LogP contribution is 2.34. The predicted molar refractivity (Wildman–Crippen MR) is 156 cm³/mol. The van der Waals surface area contributed by atoms with Crippen LogP contribution in [0.15, 0.2) is 97.1 Å². The van der Waals surface area contributed by atoms with Gasteiger partial charge in [-0.3, -0.25) is 5.41 Å². The summed E-state index contributed by atoms with van der Waals surface area (Å²) in [6.07, 6.45) is 0. The second-order valence-corrected chi connectivity index (χ2v) is 11.3. The van der Waals surface area contributed by atoms with Gasteiger partial charge in [-0.1, -0.05) is 89.2 Å². The zero-order chi connectivity index (χ0) is 27.3. The van der Waals surface area contributed by atoms with E-state index >= 15 is 0 Å². The molecule has 4 aromatic carbocycles. The highest BCUT2D eigenvalue weighted by atomic mass is 16.5. The molecule has 0 aromatic heterocycles. The van der Waals surface area contributed by atoms with Crippen molar-refractivity contribution in [2.45, 2.75) is 58.7 Å². The summed E-state index contributed by atoms with van der Waals surface area (Å²) in [7, 11) is 0. The minimum atomic E-state index is -0.102. The van der Waals surface area contributed by atoms with Crippen LogP contribution in [-0.2, 0) is 24.0 Å². The molecule has 0 heterocycles. The largest absolute Gasteiger partial charge is 0.489 e. The van der Waals surface area contributed by atoms with Crippen LogP contribution in [0.1, 0.15) is 68.0 Å². The maximum absolute atomic E-state index is 7.49. The molecule has 0 amide bonds. The lowest BCUT2D eigenvalue weighted by Gasteiger charge is -2.28. The Morgan fingerprint density at radius 2 is 1.05 bits per heavy atom. The fourth-order valence-electron chi connectivity index (χ4n) is 4.39. The topological polar surface area (TPSA) is 68.3 Å². The van der Waals surface area contributed by atoms with Gasteiger partial charge in [0.25, 0.3) is 0 Å². The Morgan fingerprint density at radius 3 is 1.50 bits per heavy atom. The third-order valence-corrected chi connectivity index (χ3v) is 7.02. The standard InChI is InChI=1S/C34H38N2O2/c1-33(2,3)27-11-13-28(14-12-27)34(4,5)29-15-19-31(20-16-29)38-23-25-8-6-7-24(21-25)22-37-30-17-9-26(10-18-30)32(35)36/h6-21H,22-23H2,1-5H3,(H3,35,36). The first-order chi connectivity index (χ1) is 18.0. The first-order valence-electron chi connectivity index (χ1n) is 13.0. The molecule has 196 valence electrons. The number of nitrogen functional groups attached to an aromatic ring is 1. The molecule has 0 saturated carbocycles. The summed E-state index contributed by atoms with van der Waals surface area (Å²) in [5.74, 6) is 1.64. The maximum atomic E-state index is 7.49. The summed E-state index contributed by atoms with van der Waals surface area (Å²) in [6.45, 7) is 12.2. The lowest BCUT2D eigenvalue weighted by Crippen LogP contribution is -2.19. The molecule has 0 bridgehead atoms. The van der Waals surface area contributed by atoms with Crippen LogP contribution in [0.3, 0.4) is 0 Å². The quantitative estimate of drug-likeness (QED) is 0.180. The maximum Gasteiger partial charge on any atom is 0.122 e. The van der Waals surface area contributed by atoms with Crippen LogP contribution >= 0.6 is 0 Å². The Kier molecular flexibility index (Phi) is 7.91. The molecule has 0 radical (unpaired) electrons. The van der Waals surface area contributed by atoms with E-state index in [2.05, 4.69) is 95.3 Å². The van der Waals surface area contributed by atoms with Gasteiger partial charge in [0.2, 0.25) is 0 Å². The number of hydrogen-bond acceptors (Lipinski definition) is 3. The lowest BCUT2D eigenvalue weighted by atomic mass is 9.77. The molecule has 3 N–H and O–H groups in total. The van der Waals surface area contributed by atoms with Crippen molar-refractivity contribution < 1.29 is 9.47 Å². The van der Waals surface area contributed by atoms with Crippen molar-refractivity contribution in [1.82, 2.24) is 0 Å². The van der Waals surface area contributed by atoms with Crippen LogP contribution in [0.5, 0.6) is 11.5 Å². The van der Waals surface area contributed by atoms with E-state index in [4.69, 9.17) is 20.6 Å². The Morgan fingerprint density at radius 1 is 0.632 bits per heavy atom. The molecule has 4 nitrogen and oxygen atoms in total. The third-order valence-electron chi connectivity index (χ3n) is 7.02. The number of hydrogen-bond donors (Lipinski definition) is 2. The van der Waals surface area contributed by atoms with Crippen molar-refractivity contribution in [2.24, 2.45) is 5.73 Å². The van der Waals surface area contributed by atoms with E-state index in [1.165, 1.54) is 16.7 Å². The average molecular weight is 507 g/mol. The molecule has 0 unspecified atom stereocenters. The van der Waals surface area contributed by atoms with Gasteiger partial charge in [-0.25, -0.2) is 0 Å². The van der Waals surface area contributed by atoms with Gasteiger partial charge < -0.3 is 15.2 Å². The van der Waals surface area contributed by atoms with E-state index in [0.29, 0.717) is 18.8 Å². The summed E-state index contributed by atoms with van der Waals surface area (Å²) in [4.78, 5) is 0. The van der Waals surface area contributed by atoms with Gasteiger partial charge in [-0.2, -0.15) is 0 Å². The van der Waals surface area contributed by atoms with E-state index in [9.17, 15) is 0 Å². The Hall–Kier alpha value is -4.05. The number of amidine groups is 1. The van der Waals surface area contributed by atoms with Crippen LogP contribution in [0.25, 0.3) is 0 Å². The summed E-state index contributed by atoms with van der Waals surface area (Å²) >= 11 is 0. The van der Waals surface area contributed by atoms with Gasteiger partial charge in [0.05, 0.1) is 0 Å². The van der Waals surface area contributed by atoms with E-state index in [1.807, 2.05) is 24.3 Å². The number of nitrogens with two attached hydrogens (primary N) is 1. The number of benzene rings is 4. The Labute approximate surface area is 227 Å². The van der Waals surface area contributed by atoms with Crippen LogP contribution < -0.4 is 15.2 Å². The van der Waals surface area contributed by atoms with Crippen molar-refractivity contribution in [2.75, 3.05) is 0 Å². The molecule has 0 aliphatic heterocycles. The van der Waals surface area contributed by atoms with Crippen molar-refractivity contribution >= 4 is 5.84 Å². The number of rotatable bonds is 9. The van der Waals surface area contributed by atoms with Gasteiger partial charge in [-0.05, 0) is 75.7 Å². The molecule has 0 fully saturated rings. The van der Waals surface area contributed by atoms with Crippen LogP contribution in [0.4, 0.5) is 0 Å². The van der Waals surface area contributed by atoms with Crippen LogP contribution in [0.2, 0.25) is 0 Å². The van der Waals surface area contributed by atoms with Crippen LogP contribution in [-0.4, -0.2) is 5.84 Å². The highest BCUT2D eigenvalue weighted by Gasteiger charge is 2.24. The van der Waals surface area contributed by atoms with Gasteiger partial charge >= 0.3 is 0 Å². The van der Waals surface area contributed by atoms with Gasteiger partial charge in [0.15, 0.2) is 0 Å². The second-order valence-electron chi connectivity index (χ2n) is 11.3. The van der Waals surface area contributed by atoms with Crippen molar-refractivity contribution in [3.8, 4) is 11.5 Å². The summed E-state index contributed by atoms with van der Waals surface area (Å²) < 4.78 is 12.0. The van der Waals surface area contributed by atoms with E-state index in [0.717, 1.165) is 22.6 Å². The smallest absolute Gasteiger partial charge is 0.122 e. The minimum absolute atomic E-state index is 0.0495. The second kappa shape index (κ2) is 11.1. The zero-order valence-corrected chi connectivity index (χ0v) is 23.0. The van der Waals surface area contributed by atoms with Gasteiger partial charge in [0.1, 0.15) is 30.5 Å². The summed E-state index contributed by atoms with van der Waals surface area (Å²) in [6, 6.07) is 32.9. The first-order valence-corrected chi connectivity index (χ1v) is 13.0. The molecule has 4 heteroatoms. The molecule has 4 rings (SSSR count). The molecule has 0 aliphatic rings. The fraction of sp³-hybridized carbons (Fsp3) is 0.265. The molecule has 0 spiro atoms. The van der Waals surface area contributed by atoms with E-state index in [-0.39, 0.29) is 16.7 Å². The first kappa shape index (κ1) is 27.0. The molecular weight excluding hydrogens is 468 g/mol. The minimum Gasteiger partial charge on any atom is -0.489 e. The van der Waals surface area contributed by atoms with Crippen molar-refractivity contribution in [1.29, 1.82) is 5.41 Å². The van der Waals surface area contributed by atoms with Crippen molar-refractivity contribution in [3.63, 3.8) is 0 Å². The van der Waals surface area contributed by atoms with Gasteiger partial charge in [0, 0.05) is 11.0 Å². The number of nitrogens with one attached hydrogen (secondary N) is 1. The van der Waals surface area contributed by atoms with Crippen LogP contribution in [0, 0.1) is 5.41 Å². The lowest BCUT2D eigenvalue weighted by molar-refractivity contribution is 0.300.